The van der Waals surface area contributed by atoms with E-state index in [4.69, 9.17) is 9.16 Å². The van der Waals surface area contributed by atoms with Gasteiger partial charge >= 0.3 is 41.5 Å². The average molecular weight is 1380 g/mol. The lowest BCUT2D eigenvalue weighted by molar-refractivity contribution is -0.396. The predicted octanol–water partition coefficient (Wildman–Crippen LogP) is 2.73. The molecule has 1 aliphatic heterocycles. The van der Waals surface area contributed by atoms with Gasteiger partial charge in [-0.1, -0.05) is 66.9 Å². The maximum absolute atomic E-state index is 12.0. The number of terminal acetylenes is 1. The molecule has 0 spiro atoms. The van der Waals surface area contributed by atoms with E-state index in [9.17, 15) is 75.2 Å². The normalized spacial score (nSPS) is 11.1. The molecule has 11 aromatic rings. The molecule has 0 aliphatic carbocycles. The summed E-state index contributed by atoms with van der Waals surface area (Å²) in [6, 6.07) is 0. The van der Waals surface area contributed by atoms with Crippen LogP contribution in [0.1, 0.15) is 58.4 Å². The Labute approximate surface area is 554 Å². The van der Waals surface area contributed by atoms with Crippen LogP contribution in [0.4, 0.5) is 40.1 Å². The maximum atomic E-state index is 12.0. The van der Waals surface area contributed by atoms with E-state index in [1.165, 1.54) is 110 Å². The van der Waals surface area contributed by atoms with Crippen LogP contribution in [0, 0.1) is 83.1 Å². The molecule has 12 rings (SSSR count). The third-order valence-electron chi connectivity index (χ3n) is 12.0. The molecular weight excluding hydrogens is 1320 g/mol. The van der Waals surface area contributed by atoms with Gasteiger partial charge in [0.05, 0.1) is 43.9 Å². The molecule has 99 heavy (non-hydrogen) atoms. The highest BCUT2D eigenvalue weighted by molar-refractivity contribution is 5.78. The Morgan fingerprint density at radius 3 is 1.04 bits per heavy atom. The number of rotatable bonds is 22. The minimum Gasteiger partial charge on any atom is -0.390 e. The number of nitrogens with zero attached hydrogens (tertiary/aromatic N) is 35. The first kappa shape index (κ1) is 70.5. The molecule has 0 saturated carbocycles. The Bertz CT molecular complexity index is 4300. The Morgan fingerprint density at radius 1 is 0.455 bits per heavy atom. The van der Waals surface area contributed by atoms with Crippen LogP contribution in [-0.4, -0.2) is 179 Å². The summed E-state index contributed by atoms with van der Waals surface area (Å²) in [5.74, 6) is 1.00. The third kappa shape index (κ3) is 22.4. The lowest BCUT2D eigenvalue weighted by Crippen LogP contribution is -2.07. The van der Waals surface area contributed by atoms with Crippen molar-refractivity contribution in [3.05, 3.63) is 217 Å². The van der Waals surface area contributed by atoms with Gasteiger partial charge in [-0.3, -0.25) is 18.7 Å². The average Bonchev–Trinajstić information content (AvgIpc) is 1.75. The van der Waals surface area contributed by atoms with Crippen LogP contribution in [0.5, 0.6) is 0 Å². The standard InChI is InChI=1S/C8H9FN6O2.3C8H10N6O2.C7H8N6O2.C6H5N3O2.C4H4N2O2/c9-1-3-14-6-7(11-12-14)5-13-4-2-10-8(13)15(16)17;3*1-2-13-6-7(10-11-13)5-12-4-3-9-8(12)14(15)16;1-11-4-6(9-10-11)5-12-3-2-8-7(12)13(14)15;1-2-4-8-5-3-7-6(8)9(10)11;7-6(8)4-2-1-3-5-4/h2,4,6H,1,3,5H2;3*3-4,6H,2,5H2,1H3;2-4H,5H2,1H3;1,3,5H,4H2;1,3H,2H2/i;1D;;;1D;;. The number of amidine groups is 1. The summed E-state index contributed by atoms with van der Waals surface area (Å²) < 4.78 is 41.9. The quantitative estimate of drug-likeness (QED) is 0.0534. The van der Waals surface area contributed by atoms with Gasteiger partial charge in [0, 0.05) is 29.4 Å². The van der Waals surface area contributed by atoms with Crippen molar-refractivity contribution in [3.8, 4) is 12.3 Å². The highest BCUT2D eigenvalue weighted by atomic mass is 19.1. The molecule has 0 atom stereocenters. The fraction of sp³-hybridized carbons (Fsp3) is 0.327. The first-order valence-electron chi connectivity index (χ1n) is 29.3. The monoisotopic (exact) mass is 1380 g/mol. The van der Waals surface area contributed by atoms with Crippen molar-refractivity contribution in [3.63, 3.8) is 0 Å². The molecular formula is C49H56FN35O14. The van der Waals surface area contributed by atoms with Gasteiger partial charge in [-0.25, -0.2) is 36.5 Å². The highest BCUT2D eigenvalue weighted by Gasteiger charge is 2.21. The van der Waals surface area contributed by atoms with Crippen LogP contribution in [-0.2, 0) is 72.5 Å². The molecule has 0 fully saturated rings. The number of halogens is 1. The summed E-state index contributed by atoms with van der Waals surface area (Å²) in [5.41, 5.74) is 3.00. The number of hydrogen-bond donors (Lipinski definition) is 0. The molecule has 0 bridgehead atoms. The smallest absolute Gasteiger partial charge is 0.390 e. The van der Waals surface area contributed by atoms with Gasteiger partial charge in [-0.05, 0) is 61.3 Å². The van der Waals surface area contributed by atoms with E-state index in [-0.39, 0.29) is 88.2 Å². The van der Waals surface area contributed by atoms with Crippen molar-refractivity contribution < 1.29 is 41.6 Å². The molecule has 0 amide bonds. The van der Waals surface area contributed by atoms with Crippen LogP contribution in [0.3, 0.4) is 0 Å². The van der Waals surface area contributed by atoms with E-state index in [2.05, 4.69) is 92.4 Å². The molecule has 11 aromatic heterocycles. The van der Waals surface area contributed by atoms with E-state index >= 15 is 0 Å². The van der Waals surface area contributed by atoms with Gasteiger partial charge in [0.15, 0.2) is 0 Å². The largest absolute Gasteiger partial charge is 0.435 e. The number of aromatic nitrogens is 27. The Balaban J connectivity index is 0.000000187. The number of hydrogen-bond acceptors (Lipinski definition) is 31. The van der Waals surface area contributed by atoms with E-state index < -0.39 is 41.1 Å². The van der Waals surface area contributed by atoms with E-state index in [1.54, 1.807) is 58.8 Å². The summed E-state index contributed by atoms with van der Waals surface area (Å²) in [6.07, 6.45) is 33.9. The number of nitro groups is 7. The zero-order valence-corrected chi connectivity index (χ0v) is 51.7. The van der Waals surface area contributed by atoms with Crippen molar-refractivity contribution in [2.75, 3.05) is 6.67 Å². The van der Waals surface area contributed by atoms with Crippen LogP contribution >= 0.6 is 0 Å². The summed E-state index contributed by atoms with van der Waals surface area (Å²) in [4.78, 5) is 94.5. The minimum atomic E-state index is -0.577. The first-order valence-corrected chi connectivity index (χ1v) is 27.9. The maximum Gasteiger partial charge on any atom is 0.435 e. The molecule has 0 N–H and O–H groups in total. The van der Waals surface area contributed by atoms with Crippen molar-refractivity contribution in [2.45, 2.75) is 92.6 Å². The zero-order valence-electron chi connectivity index (χ0n) is 53.7. The summed E-state index contributed by atoms with van der Waals surface area (Å²) >= 11 is 0. The van der Waals surface area contributed by atoms with E-state index in [0.717, 1.165) is 13.1 Å². The van der Waals surface area contributed by atoms with Crippen molar-refractivity contribution >= 4 is 41.5 Å². The summed E-state index contributed by atoms with van der Waals surface area (Å²) in [7, 11) is -0.0287. The Morgan fingerprint density at radius 2 is 0.768 bits per heavy atom. The SMILES string of the molecule is C#CCn1ccnc1[N+](=O)[O-].CCn1cc(Cn2ccnc2[N+](=O)[O-])nn1.CCn1cc(Cn2ccnc2[N+](=O)[O-])nn1.O=[N+]([O-])C1=NC=CC1.O=[N+]([O-])c1nccn1Cc1cn(CCF)nn1.[2H]CCn1cc(Cn2ccnc2[N+](=O)[O-])nn1.[2H]Cn1cc(Cn2ccnc2[N+](=O)[O-])nn1. The Hall–Kier alpha value is -14.3. The van der Waals surface area contributed by atoms with Crippen molar-refractivity contribution in [1.82, 2.24) is 132 Å². The molecule has 0 saturated heterocycles. The molecule has 12 heterocycles. The fourth-order valence-electron chi connectivity index (χ4n) is 7.69. The number of alkyl halides is 1. The van der Waals surface area contributed by atoms with E-state index in [1.807, 2.05) is 13.8 Å². The Kier molecular flexibility index (Phi) is 26.2. The van der Waals surface area contributed by atoms with Crippen molar-refractivity contribution in [2.24, 2.45) is 12.0 Å². The fourth-order valence-corrected chi connectivity index (χ4v) is 7.69. The van der Waals surface area contributed by atoms with Crippen molar-refractivity contribution in [1.29, 1.82) is 0 Å². The molecule has 1 aliphatic rings. The number of aliphatic imine (C=N–C) groups is 1. The van der Waals surface area contributed by atoms with Gasteiger partial charge < -0.3 is 70.8 Å². The van der Waals surface area contributed by atoms with Gasteiger partial charge in [0.2, 0.25) is 0 Å². The molecule has 0 unspecified atom stereocenters. The van der Waals surface area contributed by atoms with E-state index in [0.29, 0.717) is 54.5 Å². The third-order valence-corrected chi connectivity index (χ3v) is 12.0. The second-order valence-electron chi connectivity index (χ2n) is 18.8. The van der Waals surface area contributed by atoms with Crippen LogP contribution in [0.2, 0.25) is 0 Å². The molecule has 50 heteroatoms. The summed E-state index contributed by atoms with van der Waals surface area (Å²) in [5, 5.41) is 111. The number of imidazole rings is 6. The second-order valence-corrected chi connectivity index (χ2v) is 18.8. The second kappa shape index (κ2) is 36.8. The lowest BCUT2D eigenvalue weighted by atomic mass is 10.4. The lowest BCUT2D eigenvalue weighted by Gasteiger charge is -1.97. The van der Waals surface area contributed by atoms with Crippen LogP contribution in [0.15, 0.2) is 123 Å². The first-order chi connectivity index (χ1) is 48.6. The number of aryl methyl sites for hydroxylation is 5. The minimum absolute atomic E-state index is 0.0287. The van der Waals surface area contributed by atoms with Gasteiger partial charge in [-0.15, -0.1) is 31.9 Å². The predicted molar refractivity (Wildman–Crippen MR) is 330 cm³/mol. The topological polar surface area (TPSA) is 575 Å². The zero-order chi connectivity index (χ0) is 73.4. The van der Waals surface area contributed by atoms with Crippen LogP contribution in [0.25, 0.3) is 0 Å². The summed E-state index contributed by atoms with van der Waals surface area (Å²) in [6.45, 7) is 7.02. The molecule has 0 aromatic carbocycles. The molecule has 0 radical (unpaired) electrons. The van der Waals surface area contributed by atoms with Crippen LogP contribution < -0.4 is 0 Å². The highest BCUT2D eigenvalue weighted by Crippen LogP contribution is 2.15. The van der Waals surface area contributed by atoms with Gasteiger partial charge in [0.1, 0.15) is 155 Å². The van der Waals surface area contributed by atoms with Gasteiger partial charge in [-0.2, -0.15) is 0 Å². The molecule has 518 valence electrons. The molecule has 49 nitrogen and oxygen atoms in total. The van der Waals surface area contributed by atoms with Gasteiger partial charge in [0.25, 0.3) is 0 Å².